The molecule has 0 aliphatic heterocycles. The van der Waals surface area contributed by atoms with Gasteiger partial charge < -0.3 is 11.1 Å². The topological polar surface area (TPSA) is 72.9 Å². The first kappa shape index (κ1) is 15.2. The summed E-state index contributed by atoms with van der Waals surface area (Å²) in [5, 5.41) is 7.41. The Bertz CT molecular complexity index is 695. The number of amides is 1. The summed E-state index contributed by atoms with van der Waals surface area (Å²) in [4.78, 5) is 12.4. The number of aromatic nitrogens is 2. The quantitative estimate of drug-likeness (QED) is 0.857. The Hall–Kier alpha value is -1.66. The summed E-state index contributed by atoms with van der Waals surface area (Å²) in [6.07, 6.45) is 4.04. The zero-order valence-electron chi connectivity index (χ0n) is 12.4. The van der Waals surface area contributed by atoms with E-state index >= 15 is 0 Å². The summed E-state index contributed by atoms with van der Waals surface area (Å²) in [5.41, 5.74) is 6.81. The molecule has 1 aliphatic rings. The third-order valence-corrected chi connectivity index (χ3v) is 4.69. The Morgan fingerprint density at radius 1 is 1.50 bits per heavy atom. The van der Waals surface area contributed by atoms with Gasteiger partial charge in [-0.2, -0.15) is 5.10 Å². The predicted octanol–water partition coefficient (Wildman–Crippen LogP) is 2.49. The van der Waals surface area contributed by atoms with Crippen LogP contribution in [0, 0.1) is 5.92 Å². The first-order valence-corrected chi connectivity index (χ1v) is 8.15. The van der Waals surface area contributed by atoms with Crippen molar-refractivity contribution in [3.8, 4) is 5.69 Å². The molecule has 3 rings (SSSR count). The monoisotopic (exact) mass is 362 g/mol. The maximum Gasteiger partial charge on any atom is 0.272 e. The fourth-order valence-electron chi connectivity index (χ4n) is 2.57. The average Bonchev–Trinajstić information content (AvgIpc) is 3.25. The van der Waals surface area contributed by atoms with E-state index in [1.54, 1.807) is 16.9 Å². The molecule has 0 saturated heterocycles. The van der Waals surface area contributed by atoms with Gasteiger partial charge in [-0.25, -0.2) is 4.68 Å². The molecule has 0 spiro atoms. The van der Waals surface area contributed by atoms with Crippen LogP contribution in [0.3, 0.4) is 0 Å². The zero-order valence-corrected chi connectivity index (χ0v) is 14.0. The van der Waals surface area contributed by atoms with Gasteiger partial charge in [-0.15, -0.1) is 0 Å². The minimum absolute atomic E-state index is 0.173. The molecule has 1 fully saturated rings. The number of halogens is 1. The standard InChI is InChI=1S/C16H19BrN4O/c1-16(10-18,11-5-6-11)19-15(22)14-7-8-21(20-14)13-4-2-3-12(17)9-13/h2-4,7-9,11H,5-6,10,18H2,1H3,(H,19,22). The highest BCUT2D eigenvalue weighted by Gasteiger charge is 2.41. The summed E-state index contributed by atoms with van der Waals surface area (Å²) in [5.74, 6) is 0.308. The van der Waals surface area contributed by atoms with Gasteiger partial charge in [0.25, 0.3) is 5.91 Å². The SMILES string of the molecule is CC(CN)(NC(=O)c1ccn(-c2cccc(Br)c2)n1)C1CC1. The second kappa shape index (κ2) is 5.85. The zero-order chi connectivity index (χ0) is 15.7. The van der Waals surface area contributed by atoms with Gasteiger partial charge in [-0.05, 0) is 49.9 Å². The normalized spacial score (nSPS) is 17.0. The average molecular weight is 363 g/mol. The van der Waals surface area contributed by atoms with Gasteiger partial charge in [0, 0.05) is 17.2 Å². The lowest BCUT2D eigenvalue weighted by Gasteiger charge is -2.29. The van der Waals surface area contributed by atoms with Gasteiger partial charge in [0.2, 0.25) is 0 Å². The molecule has 1 unspecified atom stereocenters. The highest BCUT2D eigenvalue weighted by molar-refractivity contribution is 9.10. The van der Waals surface area contributed by atoms with Gasteiger partial charge >= 0.3 is 0 Å². The molecule has 1 atom stereocenters. The van der Waals surface area contributed by atoms with Gasteiger partial charge in [0.1, 0.15) is 0 Å². The molecule has 22 heavy (non-hydrogen) atoms. The van der Waals surface area contributed by atoms with Crippen LogP contribution in [0.25, 0.3) is 5.69 Å². The number of carbonyl (C=O) groups excluding carboxylic acids is 1. The lowest BCUT2D eigenvalue weighted by Crippen LogP contribution is -2.53. The van der Waals surface area contributed by atoms with Gasteiger partial charge in [-0.1, -0.05) is 22.0 Å². The fourth-order valence-corrected chi connectivity index (χ4v) is 2.96. The van der Waals surface area contributed by atoms with Gasteiger partial charge in [0.15, 0.2) is 5.69 Å². The molecule has 6 heteroatoms. The first-order valence-electron chi connectivity index (χ1n) is 7.36. The van der Waals surface area contributed by atoms with E-state index in [4.69, 9.17) is 5.73 Å². The van der Waals surface area contributed by atoms with Crippen molar-refractivity contribution in [3.63, 3.8) is 0 Å². The maximum absolute atomic E-state index is 12.4. The van der Waals surface area contributed by atoms with Gasteiger partial charge in [0.05, 0.1) is 11.2 Å². The molecule has 1 amide bonds. The Morgan fingerprint density at radius 3 is 2.91 bits per heavy atom. The summed E-state index contributed by atoms with van der Waals surface area (Å²) in [6, 6.07) is 9.49. The fraction of sp³-hybridized carbons (Fsp3) is 0.375. The Kier molecular flexibility index (Phi) is 4.06. The minimum Gasteiger partial charge on any atom is -0.344 e. The number of nitrogens with two attached hydrogens (primary N) is 1. The Balaban J connectivity index is 1.77. The molecule has 1 heterocycles. The van der Waals surface area contributed by atoms with Crippen molar-refractivity contribution < 1.29 is 4.79 Å². The summed E-state index contributed by atoms with van der Waals surface area (Å²) in [6.45, 7) is 2.45. The van der Waals surface area contributed by atoms with Crippen molar-refractivity contribution in [1.29, 1.82) is 0 Å². The molecule has 1 aromatic carbocycles. The van der Waals surface area contributed by atoms with Crippen LogP contribution in [-0.4, -0.2) is 27.8 Å². The van der Waals surface area contributed by atoms with Crippen molar-refractivity contribution in [2.75, 3.05) is 6.54 Å². The molecule has 3 N–H and O–H groups in total. The van der Waals surface area contributed by atoms with Crippen LogP contribution < -0.4 is 11.1 Å². The molecule has 1 aliphatic carbocycles. The van der Waals surface area contributed by atoms with E-state index in [0.717, 1.165) is 23.0 Å². The number of nitrogens with one attached hydrogen (secondary N) is 1. The molecule has 2 aromatic rings. The maximum atomic E-state index is 12.4. The van der Waals surface area contributed by atoms with E-state index in [9.17, 15) is 4.79 Å². The number of benzene rings is 1. The van der Waals surface area contributed by atoms with Crippen LogP contribution in [0.15, 0.2) is 41.0 Å². The number of carbonyl (C=O) groups is 1. The van der Waals surface area contributed by atoms with E-state index in [2.05, 4.69) is 26.3 Å². The van der Waals surface area contributed by atoms with Crippen molar-refractivity contribution in [2.45, 2.75) is 25.3 Å². The lowest BCUT2D eigenvalue weighted by molar-refractivity contribution is 0.0892. The highest BCUT2D eigenvalue weighted by Crippen LogP contribution is 2.39. The third-order valence-electron chi connectivity index (χ3n) is 4.20. The largest absolute Gasteiger partial charge is 0.344 e. The number of nitrogens with zero attached hydrogens (tertiary/aromatic N) is 2. The number of rotatable bonds is 5. The molecule has 1 saturated carbocycles. The second-order valence-corrected chi connectivity index (χ2v) is 6.89. The second-order valence-electron chi connectivity index (χ2n) is 5.98. The Labute approximate surface area is 138 Å². The van der Waals surface area contributed by atoms with E-state index in [-0.39, 0.29) is 11.4 Å². The van der Waals surface area contributed by atoms with Crippen molar-refractivity contribution in [2.24, 2.45) is 11.7 Å². The Morgan fingerprint density at radius 2 is 2.27 bits per heavy atom. The van der Waals surface area contributed by atoms with Crippen LogP contribution in [0.4, 0.5) is 0 Å². The van der Waals surface area contributed by atoms with Crippen molar-refractivity contribution in [3.05, 3.63) is 46.7 Å². The summed E-state index contributed by atoms with van der Waals surface area (Å²) in [7, 11) is 0. The van der Waals surface area contributed by atoms with Crippen LogP contribution in [-0.2, 0) is 0 Å². The smallest absolute Gasteiger partial charge is 0.272 e. The minimum atomic E-state index is -0.337. The summed E-state index contributed by atoms with van der Waals surface area (Å²) < 4.78 is 2.66. The van der Waals surface area contributed by atoms with E-state index in [0.29, 0.717) is 18.2 Å². The molecule has 5 nitrogen and oxygen atoms in total. The molecule has 0 radical (unpaired) electrons. The first-order chi connectivity index (χ1) is 10.5. The molecule has 1 aromatic heterocycles. The molecular weight excluding hydrogens is 344 g/mol. The highest BCUT2D eigenvalue weighted by atomic mass is 79.9. The number of hydrogen-bond donors (Lipinski definition) is 2. The molecular formula is C16H19BrN4O. The van der Waals surface area contributed by atoms with Crippen molar-refractivity contribution in [1.82, 2.24) is 15.1 Å². The van der Waals surface area contributed by atoms with E-state index in [1.807, 2.05) is 31.2 Å². The lowest BCUT2D eigenvalue weighted by atomic mass is 9.96. The van der Waals surface area contributed by atoms with Crippen LogP contribution in [0.1, 0.15) is 30.3 Å². The van der Waals surface area contributed by atoms with Crippen LogP contribution >= 0.6 is 15.9 Å². The van der Waals surface area contributed by atoms with Crippen molar-refractivity contribution >= 4 is 21.8 Å². The van der Waals surface area contributed by atoms with Gasteiger partial charge in [-0.3, -0.25) is 4.79 Å². The number of hydrogen-bond acceptors (Lipinski definition) is 3. The summed E-state index contributed by atoms with van der Waals surface area (Å²) >= 11 is 3.43. The van der Waals surface area contributed by atoms with E-state index in [1.165, 1.54) is 0 Å². The van der Waals surface area contributed by atoms with E-state index < -0.39 is 0 Å². The molecule has 116 valence electrons. The van der Waals surface area contributed by atoms with Crippen LogP contribution in [0.5, 0.6) is 0 Å². The third kappa shape index (κ3) is 3.08. The molecule has 0 bridgehead atoms. The predicted molar refractivity (Wildman–Crippen MR) is 88.9 cm³/mol. The van der Waals surface area contributed by atoms with Crippen LogP contribution in [0.2, 0.25) is 0 Å².